The van der Waals surface area contributed by atoms with Gasteiger partial charge in [-0.15, -0.1) is 0 Å². The predicted octanol–water partition coefficient (Wildman–Crippen LogP) is 6.10. The third kappa shape index (κ3) is 3.01. The van der Waals surface area contributed by atoms with Crippen molar-refractivity contribution in [1.29, 1.82) is 0 Å². The predicted molar refractivity (Wildman–Crippen MR) is 121 cm³/mol. The minimum Gasteiger partial charge on any atom is -0.354 e. The van der Waals surface area contributed by atoms with Crippen molar-refractivity contribution >= 4 is 22.6 Å². The molecule has 5 rings (SSSR count). The number of hydrogen-bond donors (Lipinski definition) is 1. The van der Waals surface area contributed by atoms with Crippen molar-refractivity contribution in [2.24, 2.45) is 0 Å². The Labute approximate surface area is 175 Å². The number of nitro groups is 1. The number of nitrogens with zero attached hydrogens (tertiary/aromatic N) is 1. The second-order valence-electron chi connectivity index (χ2n) is 8.09. The molecule has 4 aromatic rings. The number of aromatic nitrogens is 1. The zero-order chi connectivity index (χ0) is 20.8. The number of aryl methyl sites for hydroxylation is 2. The minimum absolute atomic E-state index is 0.139. The van der Waals surface area contributed by atoms with Crippen molar-refractivity contribution in [3.05, 3.63) is 116 Å². The van der Waals surface area contributed by atoms with Crippen LogP contribution in [0.1, 0.15) is 45.0 Å². The SMILES string of the molecule is Cc1cccc(C2=Cc3ccccc3[C@@H](C[N+](=O)[O-])c3c2[nH]c2ccc(C)cc32)c1. The molecule has 0 unspecified atom stereocenters. The van der Waals surface area contributed by atoms with E-state index >= 15 is 0 Å². The van der Waals surface area contributed by atoms with Crippen molar-refractivity contribution in [3.8, 4) is 0 Å². The van der Waals surface area contributed by atoms with Crippen molar-refractivity contribution < 1.29 is 4.92 Å². The molecule has 0 saturated heterocycles. The summed E-state index contributed by atoms with van der Waals surface area (Å²) in [5, 5.41) is 12.8. The van der Waals surface area contributed by atoms with Gasteiger partial charge in [-0.2, -0.15) is 0 Å². The van der Waals surface area contributed by atoms with Gasteiger partial charge in [0, 0.05) is 21.4 Å². The van der Waals surface area contributed by atoms with Gasteiger partial charge in [-0.05, 0) is 54.3 Å². The molecule has 1 aromatic heterocycles. The highest BCUT2D eigenvalue weighted by atomic mass is 16.6. The first-order valence-corrected chi connectivity index (χ1v) is 10.1. The molecule has 4 heteroatoms. The van der Waals surface area contributed by atoms with Gasteiger partial charge in [0.2, 0.25) is 6.54 Å². The van der Waals surface area contributed by atoms with Gasteiger partial charge in [0.15, 0.2) is 0 Å². The van der Waals surface area contributed by atoms with Crippen LogP contribution >= 0.6 is 0 Å². The van der Waals surface area contributed by atoms with E-state index in [2.05, 4.69) is 73.4 Å². The van der Waals surface area contributed by atoms with Crippen molar-refractivity contribution in [1.82, 2.24) is 4.98 Å². The molecule has 30 heavy (non-hydrogen) atoms. The Morgan fingerprint density at radius 1 is 0.967 bits per heavy atom. The molecule has 0 amide bonds. The maximum Gasteiger partial charge on any atom is 0.214 e. The Morgan fingerprint density at radius 3 is 2.57 bits per heavy atom. The Morgan fingerprint density at radius 2 is 1.77 bits per heavy atom. The number of H-pyrrole nitrogens is 1. The average Bonchev–Trinajstić information content (AvgIpc) is 3.02. The first kappa shape index (κ1) is 18.4. The summed E-state index contributed by atoms with van der Waals surface area (Å²) in [5.74, 6) is -0.319. The summed E-state index contributed by atoms with van der Waals surface area (Å²) in [6.45, 7) is 4.00. The van der Waals surface area contributed by atoms with E-state index in [0.717, 1.165) is 50.0 Å². The van der Waals surface area contributed by atoms with Crippen LogP contribution in [-0.4, -0.2) is 16.5 Å². The van der Waals surface area contributed by atoms with Gasteiger partial charge in [-0.1, -0.05) is 65.7 Å². The normalized spacial score (nSPS) is 15.3. The molecule has 0 aliphatic heterocycles. The molecule has 0 bridgehead atoms. The first-order chi connectivity index (χ1) is 14.5. The van der Waals surface area contributed by atoms with Gasteiger partial charge in [0.05, 0.1) is 11.6 Å². The lowest BCUT2D eigenvalue weighted by atomic mass is 9.87. The number of aromatic amines is 1. The topological polar surface area (TPSA) is 58.9 Å². The van der Waals surface area contributed by atoms with Crippen LogP contribution in [-0.2, 0) is 0 Å². The van der Waals surface area contributed by atoms with E-state index < -0.39 is 0 Å². The molecule has 1 atom stereocenters. The number of rotatable bonds is 3. The number of hydrogen-bond acceptors (Lipinski definition) is 2. The summed E-state index contributed by atoms with van der Waals surface area (Å²) < 4.78 is 0. The summed E-state index contributed by atoms with van der Waals surface area (Å²) in [5.41, 5.74) is 9.54. The molecular weight excluding hydrogens is 372 g/mol. The highest BCUT2D eigenvalue weighted by Gasteiger charge is 2.32. The molecule has 0 saturated carbocycles. The third-order valence-electron chi connectivity index (χ3n) is 5.94. The molecule has 1 aliphatic carbocycles. The van der Waals surface area contributed by atoms with Crippen molar-refractivity contribution in [2.45, 2.75) is 19.8 Å². The Bertz CT molecular complexity index is 1330. The van der Waals surface area contributed by atoms with Gasteiger partial charge in [-0.3, -0.25) is 10.1 Å². The van der Waals surface area contributed by atoms with Gasteiger partial charge < -0.3 is 4.98 Å². The molecule has 0 fully saturated rings. The van der Waals surface area contributed by atoms with Crippen LogP contribution in [0, 0.1) is 24.0 Å². The molecule has 1 aliphatic rings. The fourth-order valence-corrected chi connectivity index (χ4v) is 4.62. The summed E-state index contributed by atoms with van der Waals surface area (Å²) in [6, 6.07) is 22.7. The maximum absolute atomic E-state index is 11.7. The Kier molecular flexibility index (Phi) is 4.28. The zero-order valence-corrected chi connectivity index (χ0v) is 17.0. The smallest absolute Gasteiger partial charge is 0.214 e. The largest absolute Gasteiger partial charge is 0.354 e. The second-order valence-corrected chi connectivity index (χ2v) is 8.09. The molecule has 1 N–H and O–H groups in total. The van der Waals surface area contributed by atoms with Crippen LogP contribution in [0.3, 0.4) is 0 Å². The van der Waals surface area contributed by atoms with Crippen LogP contribution in [0.5, 0.6) is 0 Å². The summed E-state index contributed by atoms with van der Waals surface area (Å²) in [4.78, 5) is 15.1. The zero-order valence-electron chi connectivity index (χ0n) is 17.0. The highest BCUT2D eigenvalue weighted by Crippen LogP contribution is 2.44. The first-order valence-electron chi connectivity index (χ1n) is 10.1. The average molecular weight is 394 g/mol. The molecule has 0 radical (unpaired) electrons. The fourth-order valence-electron chi connectivity index (χ4n) is 4.62. The summed E-state index contributed by atoms with van der Waals surface area (Å²) >= 11 is 0. The molecule has 0 spiro atoms. The van der Waals surface area contributed by atoms with Crippen LogP contribution in [0.15, 0.2) is 66.7 Å². The van der Waals surface area contributed by atoms with E-state index in [4.69, 9.17) is 0 Å². The third-order valence-corrected chi connectivity index (χ3v) is 5.94. The van der Waals surface area contributed by atoms with Gasteiger partial charge in [-0.25, -0.2) is 0 Å². The van der Waals surface area contributed by atoms with Gasteiger partial charge in [0.25, 0.3) is 0 Å². The van der Waals surface area contributed by atoms with Gasteiger partial charge in [0.1, 0.15) is 0 Å². The maximum atomic E-state index is 11.7. The van der Waals surface area contributed by atoms with Crippen LogP contribution in [0.25, 0.3) is 22.6 Å². The molecular formula is C26H22N2O2. The van der Waals surface area contributed by atoms with E-state index in [9.17, 15) is 10.1 Å². The van der Waals surface area contributed by atoms with E-state index in [1.165, 1.54) is 5.56 Å². The summed E-state index contributed by atoms with van der Waals surface area (Å²) in [7, 11) is 0. The van der Waals surface area contributed by atoms with Crippen LogP contribution in [0.4, 0.5) is 0 Å². The van der Waals surface area contributed by atoms with E-state index in [1.807, 2.05) is 18.2 Å². The lowest BCUT2D eigenvalue weighted by Gasteiger charge is -2.16. The number of fused-ring (bicyclic) bond motifs is 4. The second kappa shape index (κ2) is 6.99. The van der Waals surface area contributed by atoms with E-state index in [1.54, 1.807) is 0 Å². The van der Waals surface area contributed by atoms with Gasteiger partial charge >= 0.3 is 0 Å². The standard InChI is InChI=1S/C26H22N2O2/c1-16-6-5-8-18(12-16)21-14-19-7-3-4-9-20(19)23(15-28(29)30)25-22-13-17(2)10-11-24(22)27-26(21)25/h3-14,23,27H,15H2,1-2H3/t23-/m1/s1. The van der Waals surface area contributed by atoms with Crippen LogP contribution in [0.2, 0.25) is 0 Å². The van der Waals surface area contributed by atoms with E-state index in [0.29, 0.717) is 0 Å². The Balaban J connectivity index is 1.89. The quantitative estimate of drug-likeness (QED) is 0.337. The van der Waals surface area contributed by atoms with Crippen LogP contribution < -0.4 is 0 Å². The fraction of sp³-hybridized carbons (Fsp3) is 0.154. The lowest BCUT2D eigenvalue weighted by molar-refractivity contribution is -0.481. The van der Waals surface area contributed by atoms with Crippen molar-refractivity contribution in [2.75, 3.05) is 6.54 Å². The highest BCUT2D eigenvalue weighted by molar-refractivity contribution is 6.00. The molecule has 148 valence electrons. The monoisotopic (exact) mass is 394 g/mol. The number of nitrogens with one attached hydrogen (secondary N) is 1. The van der Waals surface area contributed by atoms with Crippen molar-refractivity contribution in [3.63, 3.8) is 0 Å². The minimum atomic E-state index is -0.319. The molecule has 1 heterocycles. The molecule has 4 nitrogen and oxygen atoms in total. The Hall–Kier alpha value is -3.66. The summed E-state index contributed by atoms with van der Waals surface area (Å²) in [6.07, 6.45) is 2.17. The molecule has 3 aromatic carbocycles. The lowest BCUT2D eigenvalue weighted by Crippen LogP contribution is -2.15. The number of benzene rings is 3. The van der Waals surface area contributed by atoms with E-state index in [-0.39, 0.29) is 17.4 Å².